The number of hydrogen-bond donors (Lipinski definition) is 1. The van der Waals surface area contributed by atoms with E-state index in [1.54, 1.807) is 12.1 Å². The van der Waals surface area contributed by atoms with Gasteiger partial charge in [0.2, 0.25) is 0 Å². The maximum atomic E-state index is 13.6. The second-order valence-electron chi connectivity index (χ2n) is 4.90. The van der Waals surface area contributed by atoms with Crippen LogP contribution in [-0.2, 0) is 6.54 Å². The molecule has 1 aromatic rings. The lowest BCUT2D eigenvalue weighted by Gasteiger charge is -2.16. The summed E-state index contributed by atoms with van der Waals surface area (Å²) in [5.74, 6) is 0.689. The normalized spacial score (nSPS) is 17.1. The Morgan fingerprint density at radius 1 is 1.47 bits per heavy atom. The largest absolute Gasteiger partial charge is 0.310 e. The molecule has 1 aromatic carbocycles. The van der Waals surface area contributed by atoms with Crippen molar-refractivity contribution in [1.29, 1.82) is 0 Å². The van der Waals surface area contributed by atoms with Gasteiger partial charge in [0, 0.05) is 23.2 Å². The summed E-state index contributed by atoms with van der Waals surface area (Å²) in [5.41, 5.74) is 0.698. The van der Waals surface area contributed by atoms with E-state index in [0.717, 1.165) is 12.3 Å². The highest BCUT2D eigenvalue weighted by Crippen LogP contribution is 2.34. The molecule has 0 bridgehead atoms. The van der Waals surface area contributed by atoms with Crippen LogP contribution >= 0.6 is 11.6 Å². The van der Waals surface area contributed by atoms with Gasteiger partial charge in [0.25, 0.3) is 0 Å². The SMILES string of the molecule is CCC(CC1CC1)NCc1ccc(Cl)cc1F. The molecule has 0 aliphatic heterocycles. The van der Waals surface area contributed by atoms with Crippen molar-refractivity contribution in [2.45, 2.75) is 45.2 Å². The fourth-order valence-electron chi connectivity index (χ4n) is 2.07. The Hall–Kier alpha value is -0.600. The number of hydrogen-bond acceptors (Lipinski definition) is 1. The average molecular weight is 256 g/mol. The van der Waals surface area contributed by atoms with Crippen molar-refractivity contribution in [3.63, 3.8) is 0 Å². The number of rotatable bonds is 6. The summed E-state index contributed by atoms with van der Waals surface area (Å²) in [7, 11) is 0. The fourth-order valence-corrected chi connectivity index (χ4v) is 2.23. The van der Waals surface area contributed by atoms with Crippen molar-refractivity contribution in [2.24, 2.45) is 5.92 Å². The lowest BCUT2D eigenvalue weighted by atomic mass is 10.1. The van der Waals surface area contributed by atoms with Crippen molar-refractivity contribution in [2.75, 3.05) is 0 Å². The molecule has 1 fully saturated rings. The van der Waals surface area contributed by atoms with Crippen LogP contribution in [0.4, 0.5) is 4.39 Å². The van der Waals surface area contributed by atoms with Crippen molar-refractivity contribution < 1.29 is 4.39 Å². The van der Waals surface area contributed by atoms with E-state index in [4.69, 9.17) is 11.6 Å². The van der Waals surface area contributed by atoms with Gasteiger partial charge in [-0.05, 0) is 30.9 Å². The summed E-state index contributed by atoms with van der Waals surface area (Å²) in [4.78, 5) is 0. The van der Waals surface area contributed by atoms with Gasteiger partial charge < -0.3 is 5.32 Å². The van der Waals surface area contributed by atoms with Gasteiger partial charge in [0.15, 0.2) is 0 Å². The Balaban J connectivity index is 1.86. The first-order valence-electron chi connectivity index (χ1n) is 6.36. The van der Waals surface area contributed by atoms with Crippen molar-refractivity contribution in [1.82, 2.24) is 5.32 Å². The number of benzene rings is 1. The predicted octanol–water partition coefficient (Wildman–Crippen LogP) is 4.15. The molecular weight excluding hydrogens is 237 g/mol. The minimum absolute atomic E-state index is 0.216. The molecule has 1 aliphatic rings. The van der Waals surface area contributed by atoms with Crippen LogP contribution < -0.4 is 5.32 Å². The number of nitrogens with one attached hydrogen (secondary N) is 1. The van der Waals surface area contributed by atoms with E-state index in [1.807, 2.05) is 0 Å². The van der Waals surface area contributed by atoms with E-state index >= 15 is 0 Å². The first-order chi connectivity index (χ1) is 8.19. The molecule has 1 aliphatic carbocycles. The van der Waals surface area contributed by atoms with Crippen LogP contribution in [0.1, 0.15) is 38.2 Å². The minimum atomic E-state index is -0.216. The highest BCUT2D eigenvalue weighted by atomic mass is 35.5. The van der Waals surface area contributed by atoms with Gasteiger partial charge in [0.1, 0.15) is 5.82 Å². The fraction of sp³-hybridized carbons (Fsp3) is 0.571. The second-order valence-corrected chi connectivity index (χ2v) is 5.34. The van der Waals surface area contributed by atoms with Gasteiger partial charge in [-0.1, -0.05) is 37.4 Å². The molecule has 0 radical (unpaired) electrons. The highest BCUT2D eigenvalue weighted by molar-refractivity contribution is 6.30. The zero-order valence-electron chi connectivity index (χ0n) is 10.2. The summed E-state index contributed by atoms with van der Waals surface area (Å²) >= 11 is 5.72. The average Bonchev–Trinajstić information content (AvgIpc) is 3.10. The van der Waals surface area contributed by atoms with Crippen LogP contribution in [0.3, 0.4) is 0 Å². The summed E-state index contributed by atoms with van der Waals surface area (Å²) in [6.07, 6.45) is 5.07. The molecule has 1 unspecified atom stereocenters. The van der Waals surface area contributed by atoms with Gasteiger partial charge in [-0.2, -0.15) is 0 Å². The monoisotopic (exact) mass is 255 g/mol. The molecular formula is C14H19ClFN. The Labute approximate surface area is 107 Å². The molecule has 1 saturated carbocycles. The summed E-state index contributed by atoms with van der Waals surface area (Å²) < 4.78 is 13.6. The van der Waals surface area contributed by atoms with E-state index in [-0.39, 0.29) is 5.82 Å². The van der Waals surface area contributed by atoms with E-state index in [9.17, 15) is 4.39 Å². The standard InChI is InChI=1S/C14H19ClFN/c1-2-13(7-10-3-4-10)17-9-11-5-6-12(15)8-14(11)16/h5-6,8,10,13,17H,2-4,7,9H2,1H3. The van der Waals surface area contributed by atoms with Crippen LogP contribution in [0.25, 0.3) is 0 Å². The van der Waals surface area contributed by atoms with E-state index < -0.39 is 0 Å². The summed E-state index contributed by atoms with van der Waals surface area (Å²) in [6, 6.07) is 5.39. The van der Waals surface area contributed by atoms with Gasteiger partial charge in [-0.3, -0.25) is 0 Å². The smallest absolute Gasteiger partial charge is 0.129 e. The first-order valence-corrected chi connectivity index (χ1v) is 6.74. The molecule has 94 valence electrons. The molecule has 2 rings (SSSR count). The van der Waals surface area contributed by atoms with Crippen molar-refractivity contribution in [3.05, 3.63) is 34.6 Å². The minimum Gasteiger partial charge on any atom is -0.310 e. The van der Waals surface area contributed by atoms with Crippen molar-refractivity contribution >= 4 is 11.6 Å². The highest BCUT2D eigenvalue weighted by Gasteiger charge is 2.24. The predicted molar refractivity (Wildman–Crippen MR) is 69.7 cm³/mol. The number of halogens is 2. The molecule has 0 amide bonds. The molecule has 0 aromatic heterocycles. The molecule has 0 saturated heterocycles. The first kappa shape index (κ1) is 12.8. The van der Waals surface area contributed by atoms with Crippen LogP contribution in [0.5, 0.6) is 0 Å². The molecule has 1 nitrogen and oxygen atoms in total. The van der Waals surface area contributed by atoms with Crippen LogP contribution in [0.15, 0.2) is 18.2 Å². The van der Waals surface area contributed by atoms with Crippen molar-refractivity contribution in [3.8, 4) is 0 Å². The van der Waals surface area contributed by atoms with Gasteiger partial charge in [-0.15, -0.1) is 0 Å². The van der Waals surface area contributed by atoms with Crippen LogP contribution in [0, 0.1) is 11.7 Å². The maximum absolute atomic E-state index is 13.6. The third-order valence-electron chi connectivity index (χ3n) is 3.40. The summed E-state index contributed by atoms with van der Waals surface area (Å²) in [5, 5.41) is 3.89. The third kappa shape index (κ3) is 3.97. The Kier molecular flexibility index (Phi) is 4.41. The van der Waals surface area contributed by atoms with E-state index in [2.05, 4.69) is 12.2 Å². The Morgan fingerprint density at radius 2 is 2.24 bits per heavy atom. The van der Waals surface area contributed by atoms with Crippen LogP contribution in [0.2, 0.25) is 5.02 Å². The van der Waals surface area contributed by atoms with E-state index in [0.29, 0.717) is 23.2 Å². The molecule has 0 spiro atoms. The Morgan fingerprint density at radius 3 is 2.82 bits per heavy atom. The molecule has 1 N–H and O–H groups in total. The lowest BCUT2D eigenvalue weighted by molar-refractivity contribution is 0.439. The zero-order valence-corrected chi connectivity index (χ0v) is 10.9. The topological polar surface area (TPSA) is 12.0 Å². The maximum Gasteiger partial charge on any atom is 0.129 e. The second kappa shape index (κ2) is 5.83. The molecule has 3 heteroatoms. The van der Waals surface area contributed by atoms with Gasteiger partial charge >= 0.3 is 0 Å². The molecule has 0 heterocycles. The van der Waals surface area contributed by atoms with E-state index in [1.165, 1.54) is 25.3 Å². The summed E-state index contributed by atoms with van der Waals surface area (Å²) in [6.45, 7) is 2.77. The molecule has 1 atom stereocenters. The lowest BCUT2D eigenvalue weighted by Crippen LogP contribution is -2.28. The molecule has 17 heavy (non-hydrogen) atoms. The van der Waals surface area contributed by atoms with Crippen LogP contribution in [-0.4, -0.2) is 6.04 Å². The van der Waals surface area contributed by atoms with Gasteiger partial charge in [-0.25, -0.2) is 4.39 Å². The Bertz CT molecular complexity index is 376. The van der Waals surface area contributed by atoms with Gasteiger partial charge in [0.05, 0.1) is 0 Å². The zero-order chi connectivity index (χ0) is 12.3. The third-order valence-corrected chi connectivity index (χ3v) is 3.64. The quantitative estimate of drug-likeness (QED) is 0.805.